The van der Waals surface area contributed by atoms with Gasteiger partial charge in [-0.05, 0) is 6.07 Å². The molecular formula is C8H5N2O2+. The zero-order valence-electron chi connectivity index (χ0n) is 6.10. The maximum Gasteiger partial charge on any atom is 0.306 e. The van der Waals surface area contributed by atoms with Crippen molar-refractivity contribution in [3.05, 3.63) is 34.7 Å². The monoisotopic (exact) mass is 161 g/mol. The molecule has 0 atom stereocenters. The standard InChI is InChI=1S/C8H5N2O2/c11-8-5-9-10(12)7-4-2-1-3-6(7)8/h1-5H/q+1. The number of benzene rings is 1. The molecule has 0 fully saturated rings. The Balaban J connectivity index is 2.69. The molecule has 4 nitrogen and oxygen atoms in total. The molecular weight excluding hydrogens is 156 g/mol. The molecule has 1 aliphatic heterocycles. The van der Waals surface area contributed by atoms with Crippen LogP contribution in [0, 0.1) is 4.91 Å². The first-order chi connectivity index (χ1) is 5.79. The van der Waals surface area contributed by atoms with Gasteiger partial charge in [0.25, 0.3) is 0 Å². The first-order valence-electron chi connectivity index (χ1n) is 3.43. The van der Waals surface area contributed by atoms with Crippen LogP contribution in [0.5, 0.6) is 0 Å². The fraction of sp³-hybridized carbons (Fsp3) is 0. The smallest absolute Gasteiger partial charge is 0.287 e. The molecule has 12 heavy (non-hydrogen) atoms. The van der Waals surface area contributed by atoms with Crippen molar-refractivity contribution in [2.24, 2.45) is 5.10 Å². The van der Waals surface area contributed by atoms with Gasteiger partial charge < -0.3 is 0 Å². The Morgan fingerprint density at radius 3 is 2.75 bits per heavy atom. The quantitative estimate of drug-likeness (QED) is 0.538. The molecule has 0 aromatic heterocycles. The normalized spacial score (nSPS) is 14.7. The molecule has 0 radical (unpaired) electrons. The van der Waals surface area contributed by atoms with E-state index in [1.165, 1.54) is 0 Å². The van der Waals surface area contributed by atoms with Gasteiger partial charge >= 0.3 is 5.69 Å². The van der Waals surface area contributed by atoms with E-state index in [1.54, 1.807) is 24.3 Å². The fourth-order valence-corrected chi connectivity index (χ4v) is 1.09. The fourth-order valence-electron chi connectivity index (χ4n) is 1.09. The van der Waals surface area contributed by atoms with Gasteiger partial charge in [-0.3, -0.25) is 4.79 Å². The number of rotatable bonds is 0. The second kappa shape index (κ2) is 2.34. The Hall–Kier alpha value is -1.84. The van der Waals surface area contributed by atoms with Gasteiger partial charge in [0.15, 0.2) is 4.87 Å². The van der Waals surface area contributed by atoms with E-state index < -0.39 is 0 Å². The van der Waals surface area contributed by atoms with Crippen molar-refractivity contribution in [1.29, 1.82) is 0 Å². The highest BCUT2D eigenvalue weighted by Gasteiger charge is 2.26. The Labute approximate surface area is 68.1 Å². The lowest BCUT2D eigenvalue weighted by atomic mass is 10.1. The molecule has 0 saturated carbocycles. The average Bonchev–Trinajstić information content (AvgIpc) is 2.12. The van der Waals surface area contributed by atoms with Crippen molar-refractivity contribution in [2.45, 2.75) is 0 Å². The van der Waals surface area contributed by atoms with Crippen LogP contribution >= 0.6 is 0 Å². The molecule has 0 spiro atoms. The van der Waals surface area contributed by atoms with Crippen LogP contribution < -0.4 is 0 Å². The molecule has 0 aliphatic carbocycles. The summed E-state index contributed by atoms with van der Waals surface area (Å²) in [5, 5.41) is 3.36. The van der Waals surface area contributed by atoms with Gasteiger partial charge in [0.05, 0.1) is 10.0 Å². The van der Waals surface area contributed by atoms with Gasteiger partial charge in [-0.25, -0.2) is 0 Å². The third-order valence-corrected chi connectivity index (χ3v) is 1.66. The van der Waals surface area contributed by atoms with Crippen LogP contribution in [0.1, 0.15) is 10.4 Å². The lowest BCUT2D eigenvalue weighted by molar-refractivity contribution is -0.468. The predicted molar refractivity (Wildman–Crippen MR) is 42.6 cm³/mol. The molecule has 0 unspecified atom stereocenters. The van der Waals surface area contributed by atoms with Gasteiger partial charge in [-0.15, -0.1) is 0 Å². The summed E-state index contributed by atoms with van der Waals surface area (Å²) in [4.78, 5) is 22.6. The Kier molecular flexibility index (Phi) is 1.33. The van der Waals surface area contributed by atoms with Crippen molar-refractivity contribution in [3.63, 3.8) is 0 Å². The molecule has 1 heterocycles. The van der Waals surface area contributed by atoms with Gasteiger partial charge in [0, 0.05) is 6.07 Å². The van der Waals surface area contributed by atoms with Crippen molar-refractivity contribution < 1.29 is 9.66 Å². The van der Waals surface area contributed by atoms with Crippen molar-refractivity contribution in [1.82, 2.24) is 0 Å². The molecule has 1 aromatic rings. The van der Waals surface area contributed by atoms with E-state index in [0.29, 0.717) is 16.1 Å². The minimum atomic E-state index is -0.224. The van der Waals surface area contributed by atoms with Crippen LogP contribution in [-0.4, -0.2) is 16.9 Å². The molecule has 4 heteroatoms. The highest BCUT2D eigenvalue weighted by Crippen LogP contribution is 2.20. The Morgan fingerprint density at radius 2 is 2.00 bits per heavy atom. The Bertz CT molecular complexity index is 359. The Morgan fingerprint density at radius 1 is 1.25 bits per heavy atom. The van der Waals surface area contributed by atoms with E-state index in [4.69, 9.17) is 0 Å². The summed E-state index contributed by atoms with van der Waals surface area (Å²) in [6, 6.07) is 6.58. The number of hydrogen-bond acceptors (Lipinski definition) is 2. The van der Waals surface area contributed by atoms with E-state index >= 15 is 0 Å². The second-order valence-corrected chi connectivity index (χ2v) is 2.40. The number of carbonyl (C=O) groups excluding carboxylic acids is 1. The molecule has 2 rings (SSSR count). The van der Waals surface area contributed by atoms with E-state index in [1.807, 2.05) is 0 Å². The van der Waals surface area contributed by atoms with Gasteiger partial charge in [-0.1, -0.05) is 12.1 Å². The van der Waals surface area contributed by atoms with Crippen LogP contribution in [0.2, 0.25) is 0 Å². The third kappa shape index (κ3) is 0.852. The van der Waals surface area contributed by atoms with Crippen LogP contribution in [0.3, 0.4) is 0 Å². The van der Waals surface area contributed by atoms with Crippen molar-refractivity contribution in [3.8, 4) is 0 Å². The number of hydrazone groups is 1. The summed E-state index contributed by atoms with van der Waals surface area (Å²) >= 11 is 0. The average molecular weight is 161 g/mol. The minimum Gasteiger partial charge on any atom is -0.287 e. The van der Waals surface area contributed by atoms with Crippen molar-refractivity contribution >= 4 is 17.7 Å². The summed E-state index contributed by atoms with van der Waals surface area (Å²) in [7, 11) is 0. The molecule has 0 amide bonds. The zero-order valence-corrected chi connectivity index (χ0v) is 6.10. The van der Waals surface area contributed by atoms with Crippen LogP contribution in [-0.2, 0) is 0 Å². The maximum absolute atomic E-state index is 11.1. The number of nitrogens with zero attached hydrogens (tertiary/aromatic N) is 2. The molecule has 0 bridgehead atoms. The topological polar surface area (TPSA) is 49.5 Å². The van der Waals surface area contributed by atoms with Crippen molar-refractivity contribution in [2.75, 3.05) is 0 Å². The van der Waals surface area contributed by atoms with E-state index in [-0.39, 0.29) is 5.78 Å². The van der Waals surface area contributed by atoms with Gasteiger partial charge in [0.2, 0.25) is 5.78 Å². The number of ketones is 1. The van der Waals surface area contributed by atoms with E-state index in [2.05, 4.69) is 5.10 Å². The van der Waals surface area contributed by atoms with Crippen LogP contribution in [0.25, 0.3) is 0 Å². The predicted octanol–water partition coefficient (Wildman–Crippen LogP) is 1.28. The minimum absolute atomic E-state index is 0.224. The molecule has 0 N–H and O–H groups in total. The lowest BCUT2D eigenvalue weighted by Crippen LogP contribution is -2.11. The van der Waals surface area contributed by atoms with Gasteiger partial charge in [-0.2, -0.15) is 0 Å². The molecule has 1 aromatic carbocycles. The number of nitroso groups, excluding NO2 is 1. The molecule has 0 saturated heterocycles. The first-order valence-corrected chi connectivity index (χ1v) is 3.43. The summed E-state index contributed by atoms with van der Waals surface area (Å²) < 4.78 is 0. The zero-order chi connectivity index (χ0) is 8.55. The SMILES string of the molecule is O=C1C=N[N+](=O)c2ccccc21. The van der Waals surface area contributed by atoms with Crippen LogP contribution in [0.4, 0.5) is 5.69 Å². The number of fused-ring (bicyclic) bond motifs is 1. The highest BCUT2D eigenvalue weighted by molar-refractivity contribution is 6.36. The number of para-hydroxylation sites is 1. The highest BCUT2D eigenvalue weighted by atomic mass is 16.3. The third-order valence-electron chi connectivity index (χ3n) is 1.66. The largest absolute Gasteiger partial charge is 0.306 e. The number of hydrogen-bond donors (Lipinski definition) is 0. The number of Topliss-reactive ketones (excluding diaryl/α,β-unsaturated/α-hetero) is 1. The van der Waals surface area contributed by atoms with Gasteiger partial charge in [0.1, 0.15) is 11.8 Å². The summed E-state index contributed by atoms with van der Waals surface area (Å²) in [5.74, 6) is -0.224. The number of carbonyl (C=O) groups is 1. The van der Waals surface area contributed by atoms with Crippen LogP contribution in [0.15, 0.2) is 29.4 Å². The van der Waals surface area contributed by atoms with E-state index in [0.717, 1.165) is 6.21 Å². The first kappa shape index (κ1) is 6.84. The van der Waals surface area contributed by atoms with E-state index in [9.17, 15) is 9.70 Å². The maximum atomic E-state index is 11.1. The second-order valence-electron chi connectivity index (χ2n) is 2.40. The molecule has 1 aliphatic rings. The summed E-state index contributed by atoms with van der Waals surface area (Å²) in [6.45, 7) is 0. The lowest BCUT2D eigenvalue weighted by Gasteiger charge is -1.97. The molecule has 58 valence electrons. The summed E-state index contributed by atoms with van der Waals surface area (Å²) in [6.07, 6.45) is 1.02. The summed E-state index contributed by atoms with van der Waals surface area (Å²) in [5.41, 5.74) is 0.715.